The molecule has 0 atom stereocenters. The van der Waals surface area contributed by atoms with Crippen LogP contribution in [-0.4, -0.2) is 25.0 Å². The summed E-state index contributed by atoms with van der Waals surface area (Å²) in [5.74, 6) is 1.12. The van der Waals surface area contributed by atoms with Crippen LogP contribution in [-0.2, 0) is 12.8 Å². The first kappa shape index (κ1) is 12.0. The summed E-state index contributed by atoms with van der Waals surface area (Å²) >= 11 is 0. The normalized spacial score (nSPS) is 13.3. The number of rotatable bonds is 2. The number of fused-ring (bicyclic) bond motifs is 1. The third-order valence-electron chi connectivity index (χ3n) is 3.67. The van der Waals surface area contributed by atoms with Crippen LogP contribution in [0.25, 0.3) is 17.2 Å². The minimum Gasteiger partial charge on any atom is -0.383 e. The van der Waals surface area contributed by atoms with Gasteiger partial charge in [-0.3, -0.25) is 0 Å². The van der Waals surface area contributed by atoms with E-state index < -0.39 is 0 Å². The lowest BCUT2D eigenvalue weighted by Gasteiger charge is -2.04. The first-order valence-corrected chi connectivity index (χ1v) is 6.94. The Bertz CT molecular complexity index is 793. The molecule has 0 aliphatic heterocycles. The summed E-state index contributed by atoms with van der Waals surface area (Å²) in [6.07, 6.45) is 4.69. The zero-order chi connectivity index (χ0) is 14.2. The van der Waals surface area contributed by atoms with Gasteiger partial charge in [-0.25, -0.2) is 9.97 Å². The van der Waals surface area contributed by atoms with Crippen molar-refractivity contribution in [2.24, 2.45) is 0 Å². The molecule has 2 aromatic heterocycles. The summed E-state index contributed by atoms with van der Waals surface area (Å²) < 4.78 is 0. The van der Waals surface area contributed by atoms with E-state index in [4.69, 9.17) is 5.73 Å². The summed E-state index contributed by atoms with van der Waals surface area (Å²) in [6, 6.07) is 9.74. The summed E-state index contributed by atoms with van der Waals surface area (Å²) in [5, 5.41) is 8.71. The lowest BCUT2D eigenvalue weighted by Crippen LogP contribution is -2.03. The van der Waals surface area contributed by atoms with E-state index in [9.17, 15) is 0 Å². The summed E-state index contributed by atoms with van der Waals surface area (Å²) in [6.45, 7) is 0. The molecular weight excluding hydrogens is 264 g/mol. The van der Waals surface area contributed by atoms with Crippen molar-refractivity contribution in [2.75, 3.05) is 5.73 Å². The molecule has 3 aromatic rings. The molecule has 0 unspecified atom stereocenters. The number of hydrogen-bond donors (Lipinski definition) is 1. The highest BCUT2D eigenvalue weighted by Crippen LogP contribution is 2.26. The van der Waals surface area contributed by atoms with Crippen molar-refractivity contribution in [3.8, 4) is 17.2 Å². The van der Waals surface area contributed by atoms with Crippen LogP contribution in [0.2, 0.25) is 0 Å². The van der Waals surface area contributed by atoms with Crippen LogP contribution in [0.3, 0.4) is 0 Å². The lowest BCUT2D eigenvalue weighted by molar-refractivity contribution is 0.752. The molecule has 1 aromatic carbocycles. The van der Waals surface area contributed by atoms with Crippen LogP contribution in [0.4, 0.5) is 5.82 Å². The molecule has 2 heterocycles. The van der Waals surface area contributed by atoms with Gasteiger partial charge in [0.05, 0.1) is 11.9 Å². The number of nitrogen functional groups attached to an aromatic ring is 1. The van der Waals surface area contributed by atoms with E-state index in [1.165, 1.54) is 0 Å². The van der Waals surface area contributed by atoms with Crippen LogP contribution >= 0.6 is 0 Å². The van der Waals surface area contributed by atoms with Gasteiger partial charge in [0, 0.05) is 11.3 Å². The predicted octanol–water partition coefficient (Wildman–Crippen LogP) is 1.80. The van der Waals surface area contributed by atoms with Crippen molar-refractivity contribution < 1.29 is 0 Å². The molecule has 0 spiro atoms. The number of nitrogens with two attached hydrogens (primary N) is 1. The fourth-order valence-electron chi connectivity index (χ4n) is 2.63. The Balaban J connectivity index is 1.75. The average molecular weight is 278 g/mol. The van der Waals surface area contributed by atoms with Crippen molar-refractivity contribution >= 4 is 5.82 Å². The molecule has 6 heteroatoms. The van der Waals surface area contributed by atoms with Gasteiger partial charge >= 0.3 is 0 Å². The maximum absolute atomic E-state index is 6.02. The van der Waals surface area contributed by atoms with Gasteiger partial charge < -0.3 is 5.73 Å². The molecule has 2 N–H and O–H groups in total. The van der Waals surface area contributed by atoms with Gasteiger partial charge in [-0.1, -0.05) is 18.2 Å². The Morgan fingerprint density at radius 2 is 1.90 bits per heavy atom. The van der Waals surface area contributed by atoms with E-state index in [-0.39, 0.29) is 0 Å². The van der Waals surface area contributed by atoms with E-state index >= 15 is 0 Å². The van der Waals surface area contributed by atoms with Crippen molar-refractivity contribution in [1.29, 1.82) is 0 Å². The minimum atomic E-state index is 0.551. The Morgan fingerprint density at radius 1 is 1.05 bits per heavy atom. The van der Waals surface area contributed by atoms with Crippen molar-refractivity contribution in [3.05, 3.63) is 47.8 Å². The topological polar surface area (TPSA) is 82.5 Å². The van der Waals surface area contributed by atoms with Crippen molar-refractivity contribution in [1.82, 2.24) is 25.0 Å². The maximum Gasteiger partial charge on any atom is 0.184 e. The second-order valence-corrected chi connectivity index (χ2v) is 5.07. The van der Waals surface area contributed by atoms with Crippen LogP contribution < -0.4 is 5.73 Å². The van der Waals surface area contributed by atoms with Gasteiger partial charge in [-0.15, -0.1) is 5.10 Å². The van der Waals surface area contributed by atoms with Crippen LogP contribution in [0.5, 0.6) is 0 Å². The van der Waals surface area contributed by atoms with Crippen LogP contribution in [0.1, 0.15) is 17.7 Å². The first-order valence-electron chi connectivity index (χ1n) is 6.94. The predicted molar refractivity (Wildman–Crippen MR) is 78.8 cm³/mol. The van der Waals surface area contributed by atoms with E-state index in [2.05, 4.69) is 20.2 Å². The highest BCUT2D eigenvalue weighted by molar-refractivity contribution is 5.55. The minimum absolute atomic E-state index is 0.551. The number of nitrogens with zero attached hydrogens (tertiary/aromatic N) is 5. The molecule has 0 fully saturated rings. The van der Waals surface area contributed by atoms with E-state index in [0.29, 0.717) is 17.3 Å². The molecule has 104 valence electrons. The molecule has 0 bridgehead atoms. The summed E-state index contributed by atoms with van der Waals surface area (Å²) in [4.78, 5) is 10.5. The third kappa shape index (κ3) is 2.05. The molecule has 0 amide bonds. The average Bonchev–Trinajstić information content (AvgIpc) is 3.17. The number of aromatic nitrogens is 5. The van der Waals surface area contributed by atoms with Crippen LogP contribution in [0.15, 0.2) is 36.5 Å². The second-order valence-electron chi connectivity index (χ2n) is 5.07. The van der Waals surface area contributed by atoms with Gasteiger partial charge in [-0.2, -0.15) is 9.90 Å². The van der Waals surface area contributed by atoms with E-state index in [1.54, 1.807) is 11.0 Å². The Hall–Kier alpha value is -2.76. The lowest BCUT2D eigenvalue weighted by atomic mass is 10.2. The van der Waals surface area contributed by atoms with Crippen molar-refractivity contribution in [2.45, 2.75) is 19.3 Å². The largest absolute Gasteiger partial charge is 0.383 e. The summed E-state index contributed by atoms with van der Waals surface area (Å²) in [7, 11) is 0. The monoisotopic (exact) mass is 278 g/mol. The number of para-hydroxylation sites is 1. The Morgan fingerprint density at radius 3 is 2.76 bits per heavy atom. The van der Waals surface area contributed by atoms with Gasteiger partial charge in [0.25, 0.3) is 0 Å². The van der Waals surface area contributed by atoms with Crippen molar-refractivity contribution in [3.63, 3.8) is 0 Å². The molecular formula is C15H14N6. The van der Waals surface area contributed by atoms with E-state index in [0.717, 1.165) is 36.2 Å². The Kier molecular flexibility index (Phi) is 2.67. The maximum atomic E-state index is 6.02. The number of aryl methyl sites for hydroxylation is 1. The molecule has 1 aliphatic carbocycles. The standard InChI is InChI=1S/C15H14N6/c16-14-11-7-4-8-12(11)18-15(19-14)13-9-17-21(20-13)10-5-2-1-3-6-10/h1-3,5-6,9H,4,7-8H2,(H2,16,18,19). The third-order valence-corrected chi connectivity index (χ3v) is 3.67. The highest BCUT2D eigenvalue weighted by Gasteiger charge is 2.19. The number of hydrogen-bond acceptors (Lipinski definition) is 5. The van der Waals surface area contributed by atoms with Gasteiger partial charge in [0.1, 0.15) is 5.82 Å². The fraction of sp³-hybridized carbons (Fsp3) is 0.200. The quantitative estimate of drug-likeness (QED) is 0.772. The fourth-order valence-corrected chi connectivity index (χ4v) is 2.63. The molecule has 0 saturated carbocycles. The smallest absolute Gasteiger partial charge is 0.184 e. The SMILES string of the molecule is Nc1nc(-c2cnn(-c3ccccc3)n2)nc2c1CCC2. The molecule has 1 aliphatic rings. The van der Waals surface area contributed by atoms with Gasteiger partial charge in [0.2, 0.25) is 0 Å². The van der Waals surface area contributed by atoms with Crippen LogP contribution in [0, 0.1) is 0 Å². The zero-order valence-corrected chi connectivity index (χ0v) is 11.4. The van der Waals surface area contributed by atoms with E-state index in [1.807, 2.05) is 30.3 Å². The molecule has 0 saturated heterocycles. The van der Waals surface area contributed by atoms with Gasteiger partial charge in [-0.05, 0) is 31.4 Å². The van der Waals surface area contributed by atoms with Gasteiger partial charge in [0.15, 0.2) is 11.5 Å². The zero-order valence-electron chi connectivity index (χ0n) is 11.4. The molecule has 4 rings (SSSR count). The first-order chi connectivity index (χ1) is 10.3. The second kappa shape index (κ2) is 4.66. The number of anilines is 1. The molecule has 0 radical (unpaired) electrons. The Labute approximate surface area is 121 Å². The highest BCUT2D eigenvalue weighted by atomic mass is 15.5. The molecule has 6 nitrogen and oxygen atoms in total. The summed E-state index contributed by atoms with van der Waals surface area (Å²) in [5.41, 5.74) is 9.70. The molecule has 21 heavy (non-hydrogen) atoms. The number of benzene rings is 1.